The first-order valence-electron chi connectivity index (χ1n) is 8.40. The third-order valence-corrected chi connectivity index (χ3v) is 5.11. The molecular formula is C20H21BrN2O2. The molecule has 0 bridgehead atoms. The van der Waals surface area contributed by atoms with Crippen molar-refractivity contribution >= 4 is 33.4 Å². The maximum Gasteiger partial charge on any atom is 0.227 e. The Kier molecular flexibility index (Phi) is 5.53. The van der Waals surface area contributed by atoms with E-state index in [0.29, 0.717) is 25.8 Å². The van der Waals surface area contributed by atoms with Crippen LogP contribution in [0.1, 0.15) is 24.0 Å². The zero-order valence-corrected chi connectivity index (χ0v) is 15.8. The number of hydrogen-bond donors (Lipinski definition) is 1. The van der Waals surface area contributed by atoms with Crippen LogP contribution in [0.15, 0.2) is 53.0 Å². The highest BCUT2D eigenvalue weighted by molar-refractivity contribution is 9.10. The molecule has 1 unspecified atom stereocenters. The molecule has 0 fully saturated rings. The van der Waals surface area contributed by atoms with Gasteiger partial charge in [-0.25, -0.2) is 0 Å². The highest BCUT2D eigenvalue weighted by Crippen LogP contribution is 2.27. The summed E-state index contributed by atoms with van der Waals surface area (Å²) in [5, 5.41) is 2.94. The third kappa shape index (κ3) is 4.48. The van der Waals surface area contributed by atoms with Gasteiger partial charge >= 0.3 is 0 Å². The minimum atomic E-state index is -0.139. The minimum Gasteiger partial charge on any atom is -0.341 e. The van der Waals surface area contributed by atoms with Crippen molar-refractivity contribution in [2.75, 3.05) is 12.4 Å². The number of hydrogen-bond acceptors (Lipinski definition) is 2. The van der Waals surface area contributed by atoms with Crippen molar-refractivity contribution < 1.29 is 9.59 Å². The molecule has 1 heterocycles. The Bertz CT molecular complexity index is 774. The summed E-state index contributed by atoms with van der Waals surface area (Å²) in [5.41, 5.74) is 3.12. The summed E-state index contributed by atoms with van der Waals surface area (Å²) < 4.78 is 1.02. The van der Waals surface area contributed by atoms with Gasteiger partial charge < -0.3 is 10.2 Å². The average Bonchev–Trinajstić information content (AvgIpc) is 2.61. The normalized spacial score (nSPS) is 16.1. The molecule has 2 amide bonds. The standard InChI is InChI=1S/C20H21BrN2O2/c1-23(13-14-6-9-17(21)10-7-14)19(24)11-8-16-12-15-4-2-3-5-18(15)22-20(16)25/h2-7,9-10,16H,8,11-13H2,1H3,(H,22,25). The van der Waals surface area contributed by atoms with Gasteiger partial charge in [-0.1, -0.05) is 46.3 Å². The molecule has 130 valence electrons. The molecule has 2 aromatic carbocycles. The van der Waals surface area contributed by atoms with Crippen molar-refractivity contribution in [3.8, 4) is 0 Å². The van der Waals surface area contributed by atoms with Crippen LogP contribution >= 0.6 is 15.9 Å². The van der Waals surface area contributed by atoms with Crippen molar-refractivity contribution in [2.45, 2.75) is 25.8 Å². The number of nitrogens with one attached hydrogen (secondary N) is 1. The van der Waals surface area contributed by atoms with Crippen LogP contribution in [0.5, 0.6) is 0 Å². The van der Waals surface area contributed by atoms with Crippen LogP contribution in [-0.2, 0) is 22.6 Å². The number of nitrogens with zero attached hydrogens (tertiary/aromatic N) is 1. The molecule has 1 aliphatic rings. The van der Waals surface area contributed by atoms with Crippen molar-refractivity contribution in [1.29, 1.82) is 0 Å². The van der Waals surface area contributed by atoms with Crippen molar-refractivity contribution in [3.63, 3.8) is 0 Å². The number of halogens is 1. The lowest BCUT2D eigenvalue weighted by atomic mass is 9.89. The molecule has 0 spiro atoms. The lowest BCUT2D eigenvalue weighted by Crippen LogP contribution is -2.32. The van der Waals surface area contributed by atoms with Crippen molar-refractivity contribution in [3.05, 3.63) is 64.1 Å². The molecule has 3 rings (SSSR count). The lowest BCUT2D eigenvalue weighted by molar-refractivity contribution is -0.131. The number of rotatable bonds is 5. The maximum atomic E-state index is 12.4. The molecule has 5 heteroatoms. The highest BCUT2D eigenvalue weighted by atomic mass is 79.9. The Hall–Kier alpha value is -2.14. The molecule has 0 saturated heterocycles. The summed E-state index contributed by atoms with van der Waals surface area (Å²) in [6, 6.07) is 15.8. The van der Waals surface area contributed by atoms with Gasteiger partial charge in [-0.3, -0.25) is 9.59 Å². The van der Waals surface area contributed by atoms with Crippen LogP contribution in [0.25, 0.3) is 0 Å². The van der Waals surface area contributed by atoms with E-state index in [1.807, 2.05) is 48.5 Å². The van der Waals surface area contributed by atoms with E-state index in [4.69, 9.17) is 0 Å². The fourth-order valence-electron chi connectivity index (χ4n) is 3.09. The van der Waals surface area contributed by atoms with E-state index in [-0.39, 0.29) is 17.7 Å². The van der Waals surface area contributed by atoms with Crippen LogP contribution < -0.4 is 5.32 Å². The number of benzene rings is 2. The van der Waals surface area contributed by atoms with Gasteiger partial charge in [0.1, 0.15) is 0 Å². The van der Waals surface area contributed by atoms with E-state index in [1.165, 1.54) is 0 Å². The Balaban J connectivity index is 1.53. The molecule has 0 aromatic heterocycles. The number of amides is 2. The van der Waals surface area contributed by atoms with Crippen molar-refractivity contribution in [2.24, 2.45) is 5.92 Å². The second-order valence-electron chi connectivity index (χ2n) is 6.46. The van der Waals surface area contributed by atoms with Crippen LogP contribution in [0.4, 0.5) is 5.69 Å². The zero-order valence-electron chi connectivity index (χ0n) is 14.2. The maximum absolute atomic E-state index is 12.4. The monoisotopic (exact) mass is 400 g/mol. The van der Waals surface area contributed by atoms with Gasteiger partial charge in [0.05, 0.1) is 0 Å². The first-order valence-corrected chi connectivity index (χ1v) is 9.19. The van der Waals surface area contributed by atoms with Crippen molar-refractivity contribution in [1.82, 2.24) is 4.90 Å². The number of fused-ring (bicyclic) bond motifs is 1. The van der Waals surface area contributed by atoms with Gasteiger partial charge in [0, 0.05) is 36.1 Å². The molecule has 4 nitrogen and oxygen atoms in total. The second kappa shape index (κ2) is 7.83. The molecule has 1 atom stereocenters. The fourth-order valence-corrected chi connectivity index (χ4v) is 3.35. The van der Waals surface area contributed by atoms with Crippen LogP contribution in [0, 0.1) is 5.92 Å². The summed E-state index contributed by atoms with van der Waals surface area (Å²) >= 11 is 3.41. The van der Waals surface area contributed by atoms with E-state index in [1.54, 1.807) is 11.9 Å². The quantitative estimate of drug-likeness (QED) is 0.824. The summed E-state index contributed by atoms with van der Waals surface area (Å²) in [5.74, 6) is -0.0587. The molecule has 0 aliphatic carbocycles. The Morgan fingerprint density at radius 2 is 1.92 bits per heavy atom. The predicted octanol–water partition coefficient (Wildman–Crippen LogP) is 4.00. The predicted molar refractivity (Wildman–Crippen MR) is 102 cm³/mol. The van der Waals surface area contributed by atoms with Gasteiger partial charge in [0.15, 0.2) is 0 Å². The lowest BCUT2D eigenvalue weighted by Gasteiger charge is -2.25. The van der Waals surface area contributed by atoms with E-state index in [0.717, 1.165) is 21.3 Å². The zero-order chi connectivity index (χ0) is 17.8. The molecule has 25 heavy (non-hydrogen) atoms. The first kappa shape index (κ1) is 17.7. The molecular weight excluding hydrogens is 380 g/mol. The van der Waals surface area contributed by atoms with Gasteiger partial charge in [-0.05, 0) is 42.2 Å². The fraction of sp³-hybridized carbons (Fsp3) is 0.300. The molecule has 1 N–H and O–H groups in total. The number of carbonyl (C=O) groups excluding carboxylic acids is 2. The van der Waals surface area contributed by atoms with Gasteiger partial charge in [-0.2, -0.15) is 0 Å². The number of carbonyl (C=O) groups is 2. The molecule has 0 radical (unpaired) electrons. The SMILES string of the molecule is CN(Cc1ccc(Br)cc1)C(=O)CCC1Cc2ccccc2NC1=O. The average molecular weight is 401 g/mol. The third-order valence-electron chi connectivity index (χ3n) is 4.58. The Morgan fingerprint density at radius 1 is 1.20 bits per heavy atom. The van der Waals surface area contributed by atoms with Crippen LogP contribution in [0.2, 0.25) is 0 Å². The van der Waals surface area contributed by atoms with E-state index >= 15 is 0 Å². The van der Waals surface area contributed by atoms with E-state index in [2.05, 4.69) is 21.2 Å². The summed E-state index contributed by atoms with van der Waals surface area (Å²) in [6.45, 7) is 0.575. The van der Waals surface area contributed by atoms with Crippen LogP contribution in [0.3, 0.4) is 0 Å². The number of para-hydroxylation sites is 1. The second-order valence-corrected chi connectivity index (χ2v) is 7.38. The van der Waals surface area contributed by atoms with E-state index in [9.17, 15) is 9.59 Å². The Morgan fingerprint density at radius 3 is 2.68 bits per heavy atom. The highest BCUT2D eigenvalue weighted by Gasteiger charge is 2.26. The molecule has 0 saturated carbocycles. The summed E-state index contributed by atoms with van der Waals surface area (Å²) in [7, 11) is 1.81. The minimum absolute atomic E-state index is 0.0158. The largest absolute Gasteiger partial charge is 0.341 e. The van der Waals surface area contributed by atoms with E-state index < -0.39 is 0 Å². The smallest absolute Gasteiger partial charge is 0.227 e. The topological polar surface area (TPSA) is 49.4 Å². The Labute approximate surface area is 156 Å². The van der Waals surface area contributed by atoms with Gasteiger partial charge in [0.25, 0.3) is 0 Å². The molecule has 1 aliphatic heterocycles. The summed E-state index contributed by atoms with van der Waals surface area (Å²) in [6.07, 6.45) is 1.66. The summed E-state index contributed by atoms with van der Waals surface area (Å²) in [4.78, 5) is 26.3. The molecule has 2 aromatic rings. The van der Waals surface area contributed by atoms with Gasteiger partial charge in [-0.15, -0.1) is 0 Å². The number of anilines is 1. The first-order chi connectivity index (χ1) is 12.0. The van der Waals surface area contributed by atoms with Gasteiger partial charge in [0.2, 0.25) is 11.8 Å². The van der Waals surface area contributed by atoms with Crippen LogP contribution in [-0.4, -0.2) is 23.8 Å².